The van der Waals surface area contributed by atoms with E-state index in [1.54, 1.807) is 13.0 Å². The summed E-state index contributed by atoms with van der Waals surface area (Å²) >= 11 is 11.3. The van der Waals surface area contributed by atoms with Crippen LogP contribution in [0.5, 0.6) is 11.5 Å². The van der Waals surface area contributed by atoms with E-state index in [0.717, 1.165) is 0 Å². The Labute approximate surface area is 188 Å². The Morgan fingerprint density at radius 2 is 1.93 bits per heavy atom. The summed E-state index contributed by atoms with van der Waals surface area (Å²) in [5, 5.41) is 2.18. The molecule has 2 aromatic rings. The third kappa shape index (κ3) is 8.08. The van der Waals surface area contributed by atoms with Crippen LogP contribution in [-0.4, -0.2) is 36.9 Å². The van der Waals surface area contributed by atoms with Gasteiger partial charge in [0.25, 0.3) is 0 Å². The maximum absolute atomic E-state index is 12.0. The molecule has 2 rings (SSSR count). The second-order valence-corrected chi connectivity index (χ2v) is 6.64. The van der Waals surface area contributed by atoms with Gasteiger partial charge in [-0.15, -0.1) is 11.6 Å². The molecule has 0 atom stereocenters. The topological polar surface area (TPSA) is 122 Å². The first-order valence-electron chi connectivity index (χ1n) is 7.06. The summed E-state index contributed by atoms with van der Waals surface area (Å²) in [5.74, 6) is 0.0161. The summed E-state index contributed by atoms with van der Waals surface area (Å²) in [5.41, 5.74) is 0.477. The zero-order valence-electron chi connectivity index (χ0n) is 14.3. The standard InChI is InChI=1S/C14H14Cl2N4O5S.Na/c1-9-8-12(16)18-13(17-9)19-14(21)20-26(22,23)25-11-5-3-2-4-10(11)24-7-6-15;/h2-5,8H,6-7H2,1H3,(H2,17,18,19,20,21);/q;+1/p-1. The third-order valence-corrected chi connectivity index (χ3v) is 3.74. The molecule has 13 heteroatoms. The number of amides is 2. The number of aryl methyl sites for hydroxylation is 1. The minimum Gasteiger partial charge on any atom is -0.488 e. The number of para-hydroxylation sites is 2. The molecule has 0 aliphatic rings. The van der Waals surface area contributed by atoms with Crippen LogP contribution >= 0.6 is 23.2 Å². The second-order valence-electron chi connectivity index (χ2n) is 4.67. The molecule has 140 valence electrons. The SMILES string of the molecule is Cc1cc(Cl)nc(NC(=O)[N-]S(=O)(=O)Oc2ccccc2OCCCl)n1.[Na+]. The Bertz CT molecular complexity index is 881. The number of carbonyl (C=O) groups excluding carboxylic acids is 1. The second kappa shape index (κ2) is 10.9. The maximum Gasteiger partial charge on any atom is 1.00 e. The number of nitrogens with one attached hydrogen (secondary N) is 1. The summed E-state index contributed by atoms with van der Waals surface area (Å²) in [4.78, 5) is 19.4. The maximum atomic E-state index is 12.0. The molecule has 9 nitrogen and oxygen atoms in total. The molecule has 0 fully saturated rings. The van der Waals surface area contributed by atoms with E-state index in [9.17, 15) is 13.2 Å². The van der Waals surface area contributed by atoms with Gasteiger partial charge in [-0.05, 0) is 25.1 Å². The van der Waals surface area contributed by atoms with E-state index >= 15 is 0 Å². The molecular formula is C14H13Cl2N4NaO5S. The number of urea groups is 1. The van der Waals surface area contributed by atoms with Crippen LogP contribution in [0.3, 0.4) is 0 Å². The van der Waals surface area contributed by atoms with Gasteiger partial charge in [-0.1, -0.05) is 23.7 Å². The number of hydrogen-bond acceptors (Lipinski definition) is 7. The van der Waals surface area contributed by atoms with Crippen molar-refractivity contribution in [2.45, 2.75) is 6.92 Å². The summed E-state index contributed by atoms with van der Waals surface area (Å²) in [6, 6.07) is 6.20. The molecule has 1 N–H and O–H groups in total. The molecule has 0 aliphatic carbocycles. The molecule has 1 heterocycles. The molecular weight excluding hydrogens is 430 g/mol. The van der Waals surface area contributed by atoms with Gasteiger partial charge >= 0.3 is 39.9 Å². The van der Waals surface area contributed by atoms with Gasteiger partial charge < -0.3 is 14.2 Å². The van der Waals surface area contributed by atoms with E-state index in [0.29, 0.717) is 5.69 Å². The first-order chi connectivity index (χ1) is 12.3. The van der Waals surface area contributed by atoms with Gasteiger partial charge in [0.1, 0.15) is 17.7 Å². The Morgan fingerprint density at radius 3 is 2.56 bits per heavy atom. The van der Waals surface area contributed by atoms with Crippen LogP contribution < -0.4 is 43.8 Å². The number of halogens is 2. The Morgan fingerprint density at radius 1 is 1.26 bits per heavy atom. The van der Waals surface area contributed by atoms with Crippen LogP contribution in [0.2, 0.25) is 5.15 Å². The number of rotatable bonds is 7. The van der Waals surface area contributed by atoms with E-state index in [2.05, 4.69) is 20.0 Å². The minimum absolute atomic E-state index is 0. The number of aromatic nitrogens is 2. The van der Waals surface area contributed by atoms with Crippen molar-refractivity contribution in [2.75, 3.05) is 17.8 Å². The van der Waals surface area contributed by atoms with Crippen LogP contribution in [-0.2, 0) is 10.3 Å². The van der Waals surface area contributed by atoms with Crippen LogP contribution in [0.1, 0.15) is 5.69 Å². The van der Waals surface area contributed by atoms with E-state index in [1.807, 2.05) is 0 Å². The quantitative estimate of drug-likeness (QED) is 0.371. The minimum atomic E-state index is -4.61. The van der Waals surface area contributed by atoms with Gasteiger partial charge in [-0.2, -0.15) is 8.42 Å². The van der Waals surface area contributed by atoms with Crippen LogP contribution in [0.25, 0.3) is 4.72 Å². The first-order valence-corrected chi connectivity index (χ1v) is 9.34. The van der Waals surface area contributed by atoms with Crippen molar-refractivity contribution in [1.29, 1.82) is 0 Å². The first kappa shape index (κ1) is 23.7. The molecule has 0 saturated carbocycles. The Hall–Kier alpha value is -1.30. The molecule has 0 aliphatic heterocycles. The summed E-state index contributed by atoms with van der Waals surface area (Å²) in [6.45, 7) is 1.77. The monoisotopic (exact) mass is 442 g/mol. The van der Waals surface area contributed by atoms with Crippen LogP contribution in [0, 0.1) is 6.92 Å². The molecule has 2 amide bonds. The number of hydrogen-bond donors (Lipinski definition) is 1. The average molecular weight is 443 g/mol. The van der Waals surface area contributed by atoms with Crippen molar-refractivity contribution >= 4 is 45.5 Å². The third-order valence-electron chi connectivity index (χ3n) is 2.62. The van der Waals surface area contributed by atoms with E-state index in [-0.39, 0.29) is 64.6 Å². The number of nitrogens with zero attached hydrogens (tertiary/aromatic N) is 3. The summed E-state index contributed by atoms with van der Waals surface area (Å²) in [7, 11) is -4.61. The normalized spacial score (nSPS) is 10.5. The van der Waals surface area contributed by atoms with E-state index in [1.165, 1.54) is 24.3 Å². The number of benzene rings is 1. The number of anilines is 1. The molecule has 1 aromatic heterocycles. The largest absolute Gasteiger partial charge is 1.00 e. The number of carbonyl (C=O) groups is 1. The molecule has 0 spiro atoms. The Balaban J connectivity index is 0.00000364. The Kier molecular flexibility index (Phi) is 9.57. The molecule has 1 aromatic carbocycles. The summed E-state index contributed by atoms with van der Waals surface area (Å²) < 4.78 is 37.0. The van der Waals surface area contributed by atoms with Crippen molar-refractivity contribution in [1.82, 2.24) is 9.97 Å². The summed E-state index contributed by atoms with van der Waals surface area (Å²) in [6.07, 6.45) is 0. The van der Waals surface area contributed by atoms with Crippen molar-refractivity contribution in [2.24, 2.45) is 0 Å². The fourth-order valence-electron chi connectivity index (χ4n) is 1.72. The van der Waals surface area contributed by atoms with Crippen molar-refractivity contribution < 1.29 is 51.7 Å². The average Bonchev–Trinajstić information content (AvgIpc) is 2.51. The predicted octanol–water partition coefficient (Wildman–Crippen LogP) is 0.289. The number of alkyl halides is 1. The molecule has 0 radical (unpaired) electrons. The fourth-order valence-corrected chi connectivity index (χ4v) is 2.69. The van der Waals surface area contributed by atoms with Gasteiger partial charge in [-0.3, -0.25) is 9.52 Å². The zero-order chi connectivity index (χ0) is 19.2. The van der Waals surface area contributed by atoms with Gasteiger partial charge in [-0.25, -0.2) is 9.97 Å². The van der Waals surface area contributed by atoms with Gasteiger partial charge in [0, 0.05) is 5.69 Å². The van der Waals surface area contributed by atoms with Gasteiger partial charge in [0.15, 0.2) is 17.5 Å². The molecule has 0 saturated heterocycles. The van der Waals surface area contributed by atoms with Gasteiger partial charge in [0.05, 0.1) is 5.88 Å². The fraction of sp³-hybridized carbons (Fsp3) is 0.214. The van der Waals surface area contributed by atoms with Crippen molar-refractivity contribution in [3.05, 3.63) is 45.9 Å². The van der Waals surface area contributed by atoms with Crippen molar-refractivity contribution in [3.63, 3.8) is 0 Å². The molecule has 0 bridgehead atoms. The molecule has 27 heavy (non-hydrogen) atoms. The predicted molar refractivity (Wildman–Crippen MR) is 96.4 cm³/mol. The van der Waals surface area contributed by atoms with Crippen LogP contribution in [0.4, 0.5) is 10.7 Å². The van der Waals surface area contributed by atoms with E-state index in [4.69, 9.17) is 32.1 Å². The van der Waals surface area contributed by atoms with E-state index < -0.39 is 16.3 Å². The molecule has 0 unspecified atom stereocenters. The van der Waals surface area contributed by atoms with Crippen molar-refractivity contribution in [3.8, 4) is 11.5 Å². The number of ether oxygens (including phenoxy) is 1. The zero-order valence-corrected chi connectivity index (χ0v) is 18.7. The van der Waals surface area contributed by atoms with Crippen LogP contribution in [0.15, 0.2) is 30.3 Å². The van der Waals surface area contributed by atoms with Gasteiger partial charge in [0.2, 0.25) is 0 Å². The smallest absolute Gasteiger partial charge is 0.488 e.